The van der Waals surface area contributed by atoms with E-state index in [0.717, 1.165) is 6.42 Å². The van der Waals surface area contributed by atoms with Crippen molar-refractivity contribution in [3.63, 3.8) is 0 Å². The third kappa shape index (κ3) is 7.54. The molecule has 2 fully saturated rings. The first-order valence-corrected chi connectivity index (χ1v) is 12.9. The molecule has 2 aliphatic heterocycles. The minimum atomic E-state index is -5.00. The number of hydrogen-bond acceptors (Lipinski definition) is 5. The zero-order chi connectivity index (χ0) is 28.0. The molecular formula is C27H31F4N5O3. The average Bonchev–Trinajstić information content (AvgIpc) is 3.37. The fourth-order valence-corrected chi connectivity index (χ4v) is 4.86. The Morgan fingerprint density at radius 3 is 2.18 bits per heavy atom. The molecule has 0 aromatic heterocycles. The van der Waals surface area contributed by atoms with E-state index in [2.05, 4.69) is 10.2 Å². The molecule has 1 unspecified atom stereocenters. The van der Waals surface area contributed by atoms with E-state index >= 15 is 0 Å². The van der Waals surface area contributed by atoms with Crippen LogP contribution in [0.15, 0.2) is 54.6 Å². The summed E-state index contributed by atoms with van der Waals surface area (Å²) in [6, 6.07) is 12.5. The Kier molecular flexibility index (Phi) is 9.18. The molecule has 39 heavy (non-hydrogen) atoms. The predicted octanol–water partition coefficient (Wildman–Crippen LogP) is 2.78. The van der Waals surface area contributed by atoms with Gasteiger partial charge in [0.1, 0.15) is 12.4 Å². The molecular weight excluding hydrogens is 518 g/mol. The van der Waals surface area contributed by atoms with Crippen LogP contribution in [0.4, 0.5) is 17.6 Å². The van der Waals surface area contributed by atoms with Crippen LogP contribution in [0.3, 0.4) is 0 Å². The second-order valence-electron chi connectivity index (χ2n) is 9.63. The van der Waals surface area contributed by atoms with Gasteiger partial charge in [0.15, 0.2) is 0 Å². The summed E-state index contributed by atoms with van der Waals surface area (Å²) in [7, 11) is 0. The van der Waals surface area contributed by atoms with Crippen molar-refractivity contribution in [3.8, 4) is 0 Å². The maximum absolute atomic E-state index is 13.6. The zero-order valence-corrected chi connectivity index (χ0v) is 21.4. The van der Waals surface area contributed by atoms with Crippen molar-refractivity contribution in [2.75, 3.05) is 52.4 Å². The molecule has 2 aliphatic rings. The number of hydrogen-bond donors (Lipinski definition) is 1. The number of piperazine rings is 1. The molecule has 210 valence electrons. The highest BCUT2D eigenvalue weighted by molar-refractivity contribution is 5.96. The van der Waals surface area contributed by atoms with Crippen LogP contribution in [0.5, 0.6) is 0 Å². The molecule has 0 saturated carbocycles. The number of amides is 3. The summed E-state index contributed by atoms with van der Waals surface area (Å²) in [5, 5.41) is 2.66. The normalized spacial score (nSPS) is 18.7. The molecule has 1 atom stereocenters. The number of nitrogens with zero attached hydrogens (tertiary/aromatic N) is 4. The quantitative estimate of drug-likeness (QED) is 0.405. The lowest BCUT2D eigenvalue weighted by Gasteiger charge is -2.36. The van der Waals surface area contributed by atoms with Gasteiger partial charge in [0.25, 0.3) is 11.8 Å². The highest BCUT2D eigenvalue weighted by Crippen LogP contribution is 2.24. The number of alkyl halides is 3. The van der Waals surface area contributed by atoms with Crippen LogP contribution in [0, 0.1) is 5.82 Å². The van der Waals surface area contributed by atoms with E-state index in [1.54, 1.807) is 11.0 Å². The van der Waals surface area contributed by atoms with E-state index in [1.165, 1.54) is 48.5 Å². The van der Waals surface area contributed by atoms with Gasteiger partial charge < -0.3 is 10.2 Å². The maximum atomic E-state index is 13.6. The summed E-state index contributed by atoms with van der Waals surface area (Å²) in [6.07, 6.45) is -4.03. The molecule has 0 spiro atoms. The second-order valence-corrected chi connectivity index (χ2v) is 9.63. The van der Waals surface area contributed by atoms with Gasteiger partial charge >= 0.3 is 6.30 Å². The van der Waals surface area contributed by atoms with E-state index in [1.807, 2.05) is 4.90 Å². The standard InChI is InChI=1S/C27H31F4N5O3/c28-22-10-8-21(9-11-22)25(38)35-17-14-33(15-18-35)13-16-34-12-4-7-23(34)32-24(37)19-36(27(29,30)31)26(39)20-5-2-1-3-6-20/h1-3,5-6,8-11,23H,4,7,12-19H2,(H,32,37). The number of carbonyl (C=O) groups excluding carboxylic acids is 3. The van der Waals surface area contributed by atoms with Crippen LogP contribution in [0.1, 0.15) is 33.6 Å². The van der Waals surface area contributed by atoms with E-state index < -0.39 is 36.6 Å². The molecule has 2 aromatic carbocycles. The lowest BCUT2D eigenvalue weighted by Crippen LogP contribution is -2.54. The Hall–Kier alpha value is -3.51. The summed E-state index contributed by atoms with van der Waals surface area (Å²) in [6.45, 7) is 3.21. The zero-order valence-electron chi connectivity index (χ0n) is 21.4. The summed E-state index contributed by atoms with van der Waals surface area (Å²) in [5.41, 5.74) is 0.291. The summed E-state index contributed by atoms with van der Waals surface area (Å²) in [4.78, 5) is 43.2. The van der Waals surface area contributed by atoms with Crippen molar-refractivity contribution in [2.45, 2.75) is 25.3 Å². The van der Waals surface area contributed by atoms with Gasteiger partial charge in [-0.15, -0.1) is 13.2 Å². The van der Waals surface area contributed by atoms with Crippen LogP contribution < -0.4 is 5.32 Å². The molecule has 4 rings (SSSR count). The Morgan fingerprint density at radius 2 is 1.54 bits per heavy atom. The number of benzene rings is 2. The van der Waals surface area contributed by atoms with Crippen molar-refractivity contribution < 1.29 is 31.9 Å². The Bertz CT molecular complexity index is 1140. The molecule has 2 saturated heterocycles. The lowest BCUT2D eigenvalue weighted by molar-refractivity contribution is -0.224. The Morgan fingerprint density at radius 1 is 0.872 bits per heavy atom. The highest BCUT2D eigenvalue weighted by atomic mass is 19.4. The third-order valence-electron chi connectivity index (χ3n) is 7.02. The van der Waals surface area contributed by atoms with E-state index in [4.69, 9.17) is 0 Å². The highest BCUT2D eigenvalue weighted by Gasteiger charge is 2.43. The first-order valence-electron chi connectivity index (χ1n) is 12.9. The first-order chi connectivity index (χ1) is 18.6. The minimum absolute atomic E-state index is 0.143. The first kappa shape index (κ1) is 28.5. The van der Waals surface area contributed by atoms with Gasteiger partial charge in [0, 0.05) is 56.9 Å². The smallest absolute Gasteiger partial charge is 0.339 e. The van der Waals surface area contributed by atoms with Crippen molar-refractivity contribution in [1.82, 2.24) is 24.9 Å². The maximum Gasteiger partial charge on any atom is 0.487 e. The van der Waals surface area contributed by atoms with Crippen LogP contribution in [-0.4, -0.2) is 102 Å². The second kappa shape index (κ2) is 12.6. The van der Waals surface area contributed by atoms with Crippen LogP contribution in [0.2, 0.25) is 0 Å². The number of likely N-dealkylation sites (tertiary alicyclic amines) is 1. The lowest BCUT2D eigenvalue weighted by atomic mass is 10.2. The van der Waals surface area contributed by atoms with Crippen LogP contribution in [0.25, 0.3) is 0 Å². The van der Waals surface area contributed by atoms with E-state index in [-0.39, 0.29) is 16.4 Å². The van der Waals surface area contributed by atoms with Crippen molar-refractivity contribution in [2.24, 2.45) is 0 Å². The fourth-order valence-electron chi connectivity index (χ4n) is 4.86. The number of carbonyl (C=O) groups is 3. The van der Waals surface area contributed by atoms with Crippen LogP contribution >= 0.6 is 0 Å². The average molecular weight is 550 g/mol. The molecule has 12 heteroatoms. The molecule has 3 amide bonds. The van der Waals surface area contributed by atoms with Crippen molar-refractivity contribution in [3.05, 3.63) is 71.5 Å². The summed E-state index contributed by atoms with van der Waals surface area (Å²) >= 11 is 0. The van der Waals surface area contributed by atoms with Gasteiger partial charge in [-0.2, -0.15) is 0 Å². The molecule has 1 N–H and O–H groups in total. The van der Waals surface area contributed by atoms with Crippen molar-refractivity contribution in [1.29, 1.82) is 0 Å². The molecule has 8 nitrogen and oxygen atoms in total. The van der Waals surface area contributed by atoms with E-state index in [9.17, 15) is 31.9 Å². The van der Waals surface area contributed by atoms with Gasteiger partial charge in [-0.3, -0.25) is 24.2 Å². The Balaban J connectivity index is 1.24. The largest absolute Gasteiger partial charge is 0.487 e. The van der Waals surface area contributed by atoms with Gasteiger partial charge in [-0.1, -0.05) is 18.2 Å². The molecule has 2 aromatic rings. The number of halogens is 4. The van der Waals surface area contributed by atoms with Gasteiger partial charge in [-0.05, 0) is 49.2 Å². The monoisotopic (exact) mass is 549 g/mol. The molecule has 0 aliphatic carbocycles. The van der Waals surface area contributed by atoms with Crippen molar-refractivity contribution >= 4 is 17.7 Å². The summed E-state index contributed by atoms with van der Waals surface area (Å²) < 4.78 is 53.9. The minimum Gasteiger partial charge on any atom is -0.339 e. The van der Waals surface area contributed by atoms with E-state index in [0.29, 0.717) is 57.8 Å². The SMILES string of the molecule is O=C(CN(C(=O)c1ccccc1)C(F)(F)F)NC1CCCN1CCN1CCN(C(=O)c2ccc(F)cc2)CC1. The fraction of sp³-hybridized carbons (Fsp3) is 0.444. The molecule has 2 heterocycles. The number of nitrogens with one attached hydrogen (secondary N) is 1. The van der Waals surface area contributed by atoms with Crippen LogP contribution in [-0.2, 0) is 4.79 Å². The predicted molar refractivity (Wildman–Crippen MR) is 135 cm³/mol. The molecule has 0 radical (unpaired) electrons. The third-order valence-corrected chi connectivity index (χ3v) is 7.02. The topological polar surface area (TPSA) is 76.2 Å². The van der Waals surface area contributed by atoms with Gasteiger partial charge in [0.05, 0.1) is 6.17 Å². The number of rotatable bonds is 8. The Labute approximate surface area is 224 Å². The van der Waals surface area contributed by atoms with Gasteiger partial charge in [-0.25, -0.2) is 9.29 Å². The summed E-state index contributed by atoms with van der Waals surface area (Å²) in [5.74, 6) is -2.69. The van der Waals surface area contributed by atoms with Gasteiger partial charge in [0.2, 0.25) is 5.91 Å². The molecule has 0 bridgehead atoms.